The Morgan fingerprint density at radius 2 is 1.89 bits per heavy atom. The summed E-state index contributed by atoms with van der Waals surface area (Å²) in [5, 5.41) is 4.93. The molecule has 4 atom stereocenters. The second-order valence-electron chi connectivity index (χ2n) is 8.17. The maximum atomic E-state index is 12.5. The molecule has 0 aromatic heterocycles. The Morgan fingerprint density at radius 3 is 2.54 bits per heavy atom. The SMILES string of the molecule is COc1cc2ccccc2cc1C(=O)OCC(=O)N[C@H](C)[C@H]1C[C@H]2CC[C@H]1C2. The third-order valence-electron chi connectivity index (χ3n) is 6.45. The van der Waals surface area contributed by atoms with E-state index in [-0.39, 0.29) is 18.6 Å². The number of amides is 1. The number of benzene rings is 2. The number of hydrogen-bond acceptors (Lipinski definition) is 4. The number of hydrogen-bond donors (Lipinski definition) is 1. The first-order valence-electron chi connectivity index (χ1n) is 10.1. The summed E-state index contributed by atoms with van der Waals surface area (Å²) in [5.41, 5.74) is 0.329. The molecule has 0 aliphatic heterocycles. The molecule has 2 aromatic rings. The topological polar surface area (TPSA) is 64.6 Å². The number of methoxy groups -OCH3 is 1. The average molecular weight is 381 g/mol. The largest absolute Gasteiger partial charge is 0.496 e. The van der Waals surface area contributed by atoms with Crippen LogP contribution < -0.4 is 10.1 Å². The molecule has 148 valence electrons. The summed E-state index contributed by atoms with van der Waals surface area (Å²) in [6.07, 6.45) is 5.14. The maximum Gasteiger partial charge on any atom is 0.342 e. The van der Waals surface area contributed by atoms with E-state index in [9.17, 15) is 9.59 Å². The van der Waals surface area contributed by atoms with Gasteiger partial charge in [-0.05, 0) is 66.8 Å². The minimum Gasteiger partial charge on any atom is -0.496 e. The van der Waals surface area contributed by atoms with Crippen molar-refractivity contribution in [2.45, 2.75) is 38.6 Å². The lowest BCUT2D eigenvalue weighted by Crippen LogP contribution is -2.42. The third-order valence-corrected chi connectivity index (χ3v) is 6.45. The highest BCUT2D eigenvalue weighted by Gasteiger charge is 2.42. The second kappa shape index (κ2) is 7.82. The third kappa shape index (κ3) is 3.71. The first kappa shape index (κ1) is 18.8. The molecule has 4 rings (SSSR count). The number of ether oxygens (including phenoxy) is 2. The van der Waals surface area contributed by atoms with Gasteiger partial charge in [-0.25, -0.2) is 4.79 Å². The summed E-state index contributed by atoms with van der Waals surface area (Å²) < 4.78 is 10.6. The Bertz CT molecular complexity index is 893. The van der Waals surface area contributed by atoms with Crippen LogP contribution in [0.5, 0.6) is 5.75 Å². The Hall–Kier alpha value is -2.56. The molecule has 0 unspecified atom stereocenters. The zero-order valence-electron chi connectivity index (χ0n) is 16.4. The van der Waals surface area contributed by atoms with Gasteiger partial charge in [-0.2, -0.15) is 0 Å². The van der Waals surface area contributed by atoms with E-state index in [1.54, 1.807) is 6.07 Å². The van der Waals surface area contributed by atoms with Gasteiger partial charge < -0.3 is 14.8 Å². The fourth-order valence-corrected chi connectivity index (χ4v) is 5.07. The van der Waals surface area contributed by atoms with Gasteiger partial charge in [0.1, 0.15) is 11.3 Å². The summed E-state index contributed by atoms with van der Waals surface area (Å²) in [7, 11) is 1.52. The summed E-state index contributed by atoms with van der Waals surface area (Å²) in [6, 6.07) is 11.4. The molecular formula is C23H27NO4. The Labute approximate surface area is 165 Å². The molecule has 2 bridgehead atoms. The van der Waals surface area contributed by atoms with Crippen LogP contribution in [0.3, 0.4) is 0 Å². The van der Waals surface area contributed by atoms with Crippen molar-refractivity contribution in [2.75, 3.05) is 13.7 Å². The molecule has 1 amide bonds. The van der Waals surface area contributed by atoms with E-state index in [0.717, 1.165) is 22.6 Å². The normalized spacial score (nSPS) is 24.1. The summed E-state index contributed by atoms with van der Waals surface area (Å²) >= 11 is 0. The summed E-state index contributed by atoms with van der Waals surface area (Å²) in [4.78, 5) is 24.8. The quantitative estimate of drug-likeness (QED) is 0.770. The standard InChI is InChI=1S/C23H27NO4/c1-14(19-10-15-7-8-18(19)9-15)24-22(25)13-28-23(26)20-11-16-5-3-4-6-17(16)12-21(20)27-2/h3-6,11-12,14-15,18-19H,7-10,13H2,1-2H3,(H,24,25)/t14-,15+,18+,19-/m1/s1. The van der Waals surface area contributed by atoms with Crippen LogP contribution in [-0.2, 0) is 9.53 Å². The van der Waals surface area contributed by atoms with Gasteiger partial charge in [0.2, 0.25) is 0 Å². The molecule has 1 N–H and O–H groups in total. The Kier molecular flexibility index (Phi) is 5.25. The van der Waals surface area contributed by atoms with Gasteiger partial charge in [-0.1, -0.05) is 30.7 Å². The van der Waals surface area contributed by atoms with Crippen molar-refractivity contribution in [1.82, 2.24) is 5.32 Å². The van der Waals surface area contributed by atoms with Crippen LogP contribution in [-0.4, -0.2) is 31.6 Å². The van der Waals surface area contributed by atoms with Gasteiger partial charge in [0, 0.05) is 6.04 Å². The Balaban J connectivity index is 1.36. The summed E-state index contributed by atoms with van der Waals surface area (Å²) in [5.74, 6) is 1.78. The van der Waals surface area contributed by atoms with E-state index in [4.69, 9.17) is 9.47 Å². The van der Waals surface area contributed by atoms with Crippen LogP contribution in [0.1, 0.15) is 43.0 Å². The molecule has 2 aromatic carbocycles. The van der Waals surface area contributed by atoms with Crippen molar-refractivity contribution in [3.8, 4) is 5.75 Å². The van der Waals surface area contributed by atoms with Crippen molar-refractivity contribution in [3.05, 3.63) is 42.0 Å². The minimum absolute atomic E-state index is 0.122. The number of carbonyl (C=O) groups excluding carboxylic acids is 2. The molecule has 2 aliphatic carbocycles. The lowest BCUT2D eigenvalue weighted by atomic mass is 9.84. The van der Waals surface area contributed by atoms with Crippen molar-refractivity contribution >= 4 is 22.6 Å². The predicted octanol–water partition coefficient (Wildman–Crippen LogP) is 3.95. The van der Waals surface area contributed by atoms with Gasteiger partial charge >= 0.3 is 5.97 Å². The minimum atomic E-state index is -0.551. The molecule has 0 saturated heterocycles. The van der Waals surface area contributed by atoms with Gasteiger partial charge in [0.15, 0.2) is 6.61 Å². The van der Waals surface area contributed by atoms with Gasteiger partial charge in [0.25, 0.3) is 5.91 Å². The second-order valence-corrected chi connectivity index (χ2v) is 8.17. The molecule has 5 nitrogen and oxygen atoms in total. The molecule has 28 heavy (non-hydrogen) atoms. The molecule has 0 radical (unpaired) electrons. The van der Waals surface area contributed by atoms with E-state index >= 15 is 0 Å². The lowest BCUT2D eigenvalue weighted by molar-refractivity contribution is -0.125. The number of esters is 1. The van der Waals surface area contributed by atoms with E-state index in [1.165, 1.54) is 32.8 Å². The Morgan fingerprint density at radius 1 is 1.14 bits per heavy atom. The monoisotopic (exact) mass is 381 g/mol. The smallest absolute Gasteiger partial charge is 0.342 e. The first-order valence-corrected chi connectivity index (χ1v) is 10.1. The summed E-state index contributed by atoms with van der Waals surface area (Å²) in [6.45, 7) is 1.79. The van der Waals surface area contributed by atoms with Crippen molar-refractivity contribution < 1.29 is 19.1 Å². The predicted molar refractivity (Wildman–Crippen MR) is 107 cm³/mol. The van der Waals surface area contributed by atoms with Crippen LogP contribution in [0.25, 0.3) is 10.8 Å². The first-order chi connectivity index (χ1) is 13.5. The van der Waals surface area contributed by atoms with Crippen molar-refractivity contribution in [3.63, 3.8) is 0 Å². The molecule has 0 spiro atoms. The number of nitrogens with one attached hydrogen (secondary N) is 1. The molecular weight excluding hydrogens is 354 g/mol. The van der Waals surface area contributed by atoms with E-state index in [2.05, 4.69) is 12.2 Å². The fraction of sp³-hybridized carbons (Fsp3) is 0.478. The van der Waals surface area contributed by atoms with Crippen LogP contribution >= 0.6 is 0 Å². The van der Waals surface area contributed by atoms with Crippen LogP contribution in [0.15, 0.2) is 36.4 Å². The zero-order chi connectivity index (χ0) is 19.7. The number of carbonyl (C=O) groups is 2. The van der Waals surface area contributed by atoms with E-state index < -0.39 is 5.97 Å². The number of fused-ring (bicyclic) bond motifs is 3. The molecule has 2 fully saturated rings. The molecule has 2 aliphatic rings. The van der Waals surface area contributed by atoms with E-state index in [1.807, 2.05) is 30.3 Å². The fourth-order valence-electron chi connectivity index (χ4n) is 5.07. The van der Waals surface area contributed by atoms with E-state index in [0.29, 0.717) is 17.2 Å². The van der Waals surface area contributed by atoms with Gasteiger partial charge in [-0.3, -0.25) is 4.79 Å². The molecule has 5 heteroatoms. The van der Waals surface area contributed by atoms with Gasteiger partial charge in [0.05, 0.1) is 7.11 Å². The maximum absolute atomic E-state index is 12.5. The average Bonchev–Trinajstić information content (AvgIpc) is 3.34. The highest BCUT2D eigenvalue weighted by molar-refractivity contribution is 5.99. The zero-order valence-corrected chi connectivity index (χ0v) is 16.4. The van der Waals surface area contributed by atoms with Crippen molar-refractivity contribution in [2.24, 2.45) is 17.8 Å². The van der Waals surface area contributed by atoms with Crippen LogP contribution in [0.4, 0.5) is 0 Å². The highest BCUT2D eigenvalue weighted by atomic mass is 16.5. The van der Waals surface area contributed by atoms with Gasteiger partial charge in [-0.15, -0.1) is 0 Å². The lowest BCUT2D eigenvalue weighted by Gasteiger charge is -2.28. The molecule has 2 saturated carbocycles. The molecule has 0 heterocycles. The van der Waals surface area contributed by atoms with Crippen molar-refractivity contribution in [1.29, 1.82) is 0 Å². The van der Waals surface area contributed by atoms with Crippen LogP contribution in [0.2, 0.25) is 0 Å². The number of rotatable bonds is 6. The van der Waals surface area contributed by atoms with Crippen LogP contribution in [0, 0.1) is 17.8 Å². The highest BCUT2D eigenvalue weighted by Crippen LogP contribution is 2.49.